The highest BCUT2D eigenvalue weighted by Crippen LogP contribution is 2.18. The summed E-state index contributed by atoms with van der Waals surface area (Å²) in [6, 6.07) is 0. The second kappa shape index (κ2) is 3.61. The highest BCUT2D eigenvalue weighted by atomic mass is 32.2. The molecule has 0 saturated carbocycles. The van der Waals surface area contributed by atoms with Gasteiger partial charge in [-0.05, 0) is 0 Å². The van der Waals surface area contributed by atoms with E-state index in [1.165, 1.54) is 5.56 Å². The summed E-state index contributed by atoms with van der Waals surface area (Å²) in [5.41, 5.74) is 1.19. The van der Waals surface area contributed by atoms with E-state index in [9.17, 15) is 0 Å². The number of aromatic amines is 1. The van der Waals surface area contributed by atoms with Crippen LogP contribution in [0.15, 0.2) is 23.6 Å². The Morgan fingerprint density at radius 1 is 1.54 bits per heavy atom. The molecule has 0 aliphatic rings. The van der Waals surface area contributed by atoms with Crippen LogP contribution in [0, 0.1) is 0 Å². The van der Waals surface area contributed by atoms with E-state index < -0.39 is 0 Å². The summed E-state index contributed by atoms with van der Waals surface area (Å²) < 4.78 is 1.79. The van der Waals surface area contributed by atoms with E-state index >= 15 is 0 Å². The fourth-order valence-corrected chi connectivity index (χ4v) is 1.66. The molecule has 0 fully saturated rings. The largest absolute Gasteiger partial charge is 0.276 e. The van der Waals surface area contributed by atoms with Gasteiger partial charge in [-0.25, -0.2) is 0 Å². The van der Waals surface area contributed by atoms with Gasteiger partial charge in [-0.15, -0.1) is 5.10 Å². The molecule has 68 valence electrons. The molecular formula is C7H9N5S. The van der Waals surface area contributed by atoms with Crippen molar-refractivity contribution in [2.45, 2.75) is 10.8 Å². The molecule has 13 heavy (non-hydrogen) atoms. The third-order valence-corrected chi connectivity index (χ3v) is 2.51. The molecule has 6 heteroatoms. The van der Waals surface area contributed by atoms with Gasteiger partial charge in [0.25, 0.3) is 0 Å². The number of H-pyrrole nitrogens is 1. The van der Waals surface area contributed by atoms with Crippen LogP contribution in [0.25, 0.3) is 0 Å². The first-order valence-corrected chi connectivity index (χ1v) is 4.79. The number of hydrogen-bond donors (Lipinski definition) is 1. The van der Waals surface area contributed by atoms with Crippen molar-refractivity contribution in [3.8, 4) is 0 Å². The lowest BCUT2D eigenvalue weighted by Crippen LogP contribution is -1.84. The number of rotatable bonds is 3. The van der Waals surface area contributed by atoms with Gasteiger partial charge in [-0.3, -0.25) is 4.68 Å². The smallest absolute Gasteiger partial charge is 0.139 e. The maximum atomic E-state index is 4.08. The predicted octanol–water partition coefficient (Wildman–Crippen LogP) is 0.831. The van der Waals surface area contributed by atoms with Crippen LogP contribution < -0.4 is 0 Å². The van der Waals surface area contributed by atoms with Crippen LogP contribution in [0.1, 0.15) is 5.56 Å². The quantitative estimate of drug-likeness (QED) is 0.737. The minimum absolute atomic E-state index is 0.875. The normalized spacial score (nSPS) is 10.5. The van der Waals surface area contributed by atoms with Crippen molar-refractivity contribution in [1.29, 1.82) is 0 Å². The Bertz CT molecular complexity index is 366. The molecule has 2 rings (SSSR count). The van der Waals surface area contributed by atoms with Crippen LogP contribution in [0.3, 0.4) is 0 Å². The molecule has 0 atom stereocenters. The lowest BCUT2D eigenvalue weighted by atomic mass is 10.4. The molecule has 0 amide bonds. The topological polar surface area (TPSA) is 59.4 Å². The second-order valence-corrected chi connectivity index (χ2v) is 3.61. The molecule has 0 unspecified atom stereocenters. The van der Waals surface area contributed by atoms with E-state index in [1.807, 2.05) is 19.4 Å². The highest BCUT2D eigenvalue weighted by molar-refractivity contribution is 7.98. The van der Waals surface area contributed by atoms with E-state index in [0.717, 1.165) is 10.8 Å². The minimum Gasteiger partial charge on any atom is -0.276 e. The monoisotopic (exact) mass is 195 g/mol. The minimum atomic E-state index is 0.875. The molecule has 2 heterocycles. The molecule has 0 aliphatic heterocycles. The van der Waals surface area contributed by atoms with Crippen LogP contribution in [0.2, 0.25) is 0 Å². The summed E-state index contributed by atoms with van der Waals surface area (Å²) in [6.07, 6.45) is 5.56. The molecule has 2 aromatic rings. The molecule has 0 radical (unpaired) electrons. The Morgan fingerprint density at radius 2 is 2.46 bits per heavy atom. The number of hydrogen-bond acceptors (Lipinski definition) is 4. The van der Waals surface area contributed by atoms with E-state index in [2.05, 4.69) is 20.5 Å². The molecule has 0 saturated heterocycles. The second-order valence-electron chi connectivity index (χ2n) is 2.62. The Kier molecular flexibility index (Phi) is 2.31. The third kappa shape index (κ3) is 2.09. The Morgan fingerprint density at radius 3 is 3.08 bits per heavy atom. The fourth-order valence-electron chi connectivity index (χ4n) is 0.964. The zero-order valence-corrected chi connectivity index (χ0v) is 7.95. The molecule has 2 aromatic heterocycles. The van der Waals surface area contributed by atoms with Gasteiger partial charge < -0.3 is 0 Å². The van der Waals surface area contributed by atoms with Gasteiger partial charge in [0.05, 0.1) is 12.4 Å². The molecule has 0 aliphatic carbocycles. The van der Waals surface area contributed by atoms with Gasteiger partial charge in [0.1, 0.15) is 5.03 Å². The van der Waals surface area contributed by atoms with Crippen molar-refractivity contribution in [1.82, 2.24) is 25.2 Å². The standard InChI is InChI=1S/C7H9N5S/c1-12-4-6(2-9-12)5-13-7-3-8-11-10-7/h2-4H,5H2,1H3,(H,8,10,11). The Labute approximate surface area is 79.5 Å². The third-order valence-electron chi connectivity index (χ3n) is 1.54. The summed E-state index contributed by atoms with van der Waals surface area (Å²) in [5, 5.41) is 15.2. The lowest BCUT2D eigenvalue weighted by molar-refractivity contribution is 0.767. The van der Waals surface area contributed by atoms with Crippen LogP contribution in [-0.2, 0) is 12.8 Å². The SMILES string of the molecule is Cn1cc(CSc2cn[nH]n2)cn1. The van der Waals surface area contributed by atoms with Crippen molar-refractivity contribution < 1.29 is 0 Å². The zero-order valence-electron chi connectivity index (χ0n) is 7.14. The summed E-state index contributed by atoms with van der Waals surface area (Å²) in [6.45, 7) is 0. The van der Waals surface area contributed by atoms with Gasteiger partial charge in [-0.1, -0.05) is 11.8 Å². The first-order valence-electron chi connectivity index (χ1n) is 3.81. The average molecular weight is 195 g/mol. The summed E-state index contributed by atoms with van der Waals surface area (Å²) in [5.74, 6) is 0.875. The van der Waals surface area contributed by atoms with Crippen LogP contribution in [0.4, 0.5) is 0 Å². The molecule has 0 spiro atoms. The number of aromatic nitrogens is 5. The van der Waals surface area contributed by atoms with E-state index in [4.69, 9.17) is 0 Å². The first kappa shape index (κ1) is 8.31. The van der Waals surface area contributed by atoms with Crippen LogP contribution >= 0.6 is 11.8 Å². The molecule has 0 bridgehead atoms. The molecular weight excluding hydrogens is 186 g/mol. The fraction of sp³-hybridized carbons (Fsp3) is 0.286. The number of nitrogens with zero attached hydrogens (tertiary/aromatic N) is 4. The molecule has 0 aromatic carbocycles. The lowest BCUT2D eigenvalue weighted by Gasteiger charge is -1.91. The van der Waals surface area contributed by atoms with Crippen LogP contribution in [-0.4, -0.2) is 25.2 Å². The van der Waals surface area contributed by atoms with Gasteiger partial charge in [0.15, 0.2) is 0 Å². The van der Waals surface area contributed by atoms with Crippen molar-refractivity contribution in [2.24, 2.45) is 7.05 Å². The Balaban J connectivity index is 1.93. The maximum absolute atomic E-state index is 4.08. The maximum Gasteiger partial charge on any atom is 0.139 e. The van der Waals surface area contributed by atoms with Gasteiger partial charge >= 0.3 is 0 Å². The summed E-state index contributed by atoms with van der Waals surface area (Å²) >= 11 is 1.64. The van der Waals surface area contributed by atoms with Crippen LogP contribution in [0.5, 0.6) is 0 Å². The number of thioether (sulfide) groups is 1. The van der Waals surface area contributed by atoms with Crippen molar-refractivity contribution >= 4 is 11.8 Å². The average Bonchev–Trinajstić information content (AvgIpc) is 2.71. The predicted molar refractivity (Wildman–Crippen MR) is 49.2 cm³/mol. The van der Waals surface area contributed by atoms with Crippen molar-refractivity contribution in [3.63, 3.8) is 0 Å². The van der Waals surface area contributed by atoms with Gasteiger partial charge in [-0.2, -0.15) is 15.4 Å². The highest BCUT2D eigenvalue weighted by Gasteiger charge is 1.99. The van der Waals surface area contributed by atoms with E-state index in [-0.39, 0.29) is 0 Å². The first-order chi connectivity index (χ1) is 6.34. The van der Waals surface area contributed by atoms with Gasteiger partial charge in [0.2, 0.25) is 0 Å². The summed E-state index contributed by atoms with van der Waals surface area (Å²) in [4.78, 5) is 0. The zero-order chi connectivity index (χ0) is 9.10. The molecule has 5 nitrogen and oxygen atoms in total. The number of nitrogens with one attached hydrogen (secondary N) is 1. The van der Waals surface area contributed by atoms with E-state index in [0.29, 0.717) is 0 Å². The van der Waals surface area contributed by atoms with Crippen molar-refractivity contribution in [2.75, 3.05) is 0 Å². The molecule has 1 N–H and O–H groups in total. The van der Waals surface area contributed by atoms with E-state index in [1.54, 1.807) is 22.6 Å². The number of aryl methyl sites for hydroxylation is 1. The summed E-state index contributed by atoms with van der Waals surface area (Å²) in [7, 11) is 1.91. The van der Waals surface area contributed by atoms with Gasteiger partial charge in [0, 0.05) is 24.6 Å². The van der Waals surface area contributed by atoms with Crippen molar-refractivity contribution in [3.05, 3.63) is 24.2 Å². The Hall–Kier alpha value is -1.30.